The summed E-state index contributed by atoms with van der Waals surface area (Å²) in [4.78, 5) is 2.67. The van der Waals surface area contributed by atoms with Crippen LogP contribution in [0.5, 0.6) is 0 Å². The smallest absolute Gasteiger partial charge is 0.0584 e. The second-order valence-electron chi connectivity index (χ2n) is 14.1. The highest BCUT2D eigenvalue weighted by Gasteiger charge is 2.36. The molecule has 0 aliphatic heterocycles. The van der Waals surface area contributed by atoms with Gasteiger partial charge in [-0.1, -0.05) is 194 Å². The summed E-state index contributed by atoms with van der Waals surface area (Å²) in [6.45, 7) is 4.72. The Morgan fingerprint density at radius 3 is 1.63 bits per heavy atom. The molecule has 1 nitrogen and oxygen atoms in total. The number of fused-ring (bicyclic) bond motifs is 3. The lowest BCUT2D eigenvalue weighted by Gasteiger charge is -2.31. The van der Waals surface area contributed by atoms with Gasteiger partial charge in [-0.25, -0.2) is 0 Å². The van der Waals surface area contributed by atoms with Crippen molar-refractivity contribution in [3.8, 4) is 44.5 Å². The fourth-order valence-corrected chi connectivity index (χ4v) is 8.85. The first-order chi connectivity index (χ1) is 25.5. The third kappa shape index (κ3) is 5.38. The molecule has 0 bridgehead atoms. The van der Waals surface area contributed by atoms with E-state index in [0.717, 1.165) is 17.1 Å². The van der Waals surface area contributed by atoms with E-state index in [1.807, 2.05) is 0 Å². The number of rotatable bonds is 7. The number of allylic oxidation sites excluding steroid dienone is 4. The lowest BCUT2D eigenvalue weighted by molar-refractivity contribution is 0.660. The Labute approximate surface area is 315 Å². The van der Waals surface area contributed by atoms with Crippen LogP contribution in [0.3, 0.4) is 0 Å². The van der Waals surface area contributed by atoms with Gasteiger partial charge < -0.3 is 4.90 Å². The molecule has 1 atom stereocenters. The third-order valence-corrected chi connectivity index (χ3v) is 11.6. The maximum absolute atomic E-state index is 3.90. The van der Waals surface area contributed by atoms with Crippen LogP contribution in [0.25, 0.3) is 50.1 Å². The van der Waals surface area contributed by atoms with Crippen molar-refractivity contribution in [3.63, 3.8) is 0 Å². The van der Waals surface area contributed by atoms with Gasteiger partial charge in [0.05, 0.1) is 16.2 Å². The Kier molecular flexibility index (Phi) is 8.13. The Morgan fingerprint density at radius 2 is 0.962 bits per heavy atom. The minimum absolute atomic E-state index is 0.126. The lowest BCUT2D eigenvalue weighted by Crippen LogP contribution is -2.17. The number of anilines is 3. The molecule has 2 aliphatic rings. The van der Waals surface area contributed by atoms with E-state index in [4.69, 9.17) is 0 Å². The summed E-state index contributed by atoms with van der Waals surface area (Å²) in [6, 6.07) is 62.1. The summed E-state index contributed by atoms with van der Waals surface area (Å²) in [6.07, 6.45) is 6.57. The number of para-hydroxylation sites is 2. The second-order valence-corrected chi connectivity index (χ2v) is 15.1. The zero-order valence-corrected chi connectivity index (χ0v) is 30.9. The summed E-state index contributed by atoms with van der Waals surface area (Å²) in [5.74, 6) is 0. The van der Waals surface area contributed by atoms with Crippen LogP contribution >= 0.6 is 15.9 Å². The molecule has 0 saturated heterocycles. The van der Waals surface area contributed by atoms with E-state index in [1.165, 1.54) is 66.8 Å². The molecule has 0 saturated carbocycles. The van der Waals surface area contributed by atoms with E-state index in [1.54, 1.807) is 0 Å². The molecular formula is C50H38BrN. The van der Waals surface area contributed by atoms with Crippen LogP contribution in [0.4, 0.5) is 17.1 Å². The average molecular weight is 733 g/mol. The second kappa shape index (κ2) is 13.1. The maximum Gasteiger partial charge on any atom is 0.0584 e. The van der Waals surface area contributed by atoms with Crippen molar-refractivity contribution in [3.05, 3.63) is 205 Å². The van der Waals surface area contributed by atoms with E-state index in [9.17, 15) is 0 Å². The first kappa shape index (κ1) is 32.2. The van der Waals surface area contributed by atoms with E-state index in [-0.39, 0.29) is 10.2 Å². The monoisotopic (exact) mass is 731 g/mol. The topological polar surface area (TPSA) is 3.24 Å². The number of benzene rings is 7. The summed E-state index contributed by atoms with van der Waals surface area (Å²) >= 11 is 3.90. The number of hydrogen-bond acceptors (Lipinski definition) is 1. The highest BCUT2D eigenvalue weighted by atomic mass is 79.9. The van der Waals surface area contributed by atoms with Gasteiger partial charge in [0.25, 0.3) is 0 Å². The summed E-state index contributed by atoms with van der Waals surface area (Å²) < 4.78 is 0. The molecule has 0 fully saturated rings. The van der Waals surface area contributed by atoms with Gasteiger partial charge in [0.1, 0.15) is 0 Å². The molecule has 250 valence electrons. The zero-order chi connectivity index (χ0) is 35.2. The highest BCUT2D eigenvalue weighted by Crippen LogP contribution is 2.52. The fourth-order valence-electron chi connectivity index (χ4n) is 8.28. The summed E-state index contributed by atoms with van der Waals surface area (Å²) in [5, 5.41) is 0. The predicted molar refractivity (Wildman–Crippen MR) is 225 cm³/mol. The fraction of sp³-hybridized carbons (Fsp3) is 0.0800. The van der Waals surface area contributed by atoms with Gasteiger partial charge >= 0.3 is 0 Å². The maximum atomic E-state index is 3.90. The predicted octanol–water partition coefficient (Wildman–Crippen LogP) is 14.2. The average Bonchev–Trinajstić information content (AvgIpc) is 3.73. The lowest BCUT2D eigenvalue weighted by atomic mass is 9.82. The number of halogens is 1. The zero-order valence-electron chi connectivity index (χ0n) is 29.3. The van der Waals surface area contributed by atoms with Gasteiger partial charge in [-0.3, -0.25) is 0 Å². The normalized spacial score (nSPS) is 15.2. The minimum atomic E-state index is -0.126. The van der Waals surface area contributed by atoms with Gasteiger partial charge in [-0.05, 0) is 79.9 Å². The van der Waals surface area contributed by atoms with E-state index < -0.39 is 0 Å². The first-order valence-electron chi connectivity index (χ1n) is 18.0. The standard InChI is InChI=1S/C50H38BrN/c1-50(2)45-27-13-10-24-41(45)42-32-31-35(33-46(42)50)52(48-29-14-11-19-36(48)34-17-4-3-5-18-34)49-30-15-12-25-44(49)40-23-9-7-21-38(40)37-20-6-8-22-39(37)43-26-16-28-47(43)51/h3-33,47H,1-2H3. The Balaban J connectivity index is 1.28. The summed E-state index contributed by atoms with van der Waals surface area (Å²) in [7, 11) is 0. The Bertz CT molecular complexity index is 2520. The SMILES string of the molecule is CC1(C)c2ccccc2-c2ccc(N(c3ccccc3-c3ccccc3)c3ccccc3-c3ccccc3-c3ccccc3C3=CC=CC3Br)cc21. The molecule has 0 N–H and O–H groups in total. The van der Waals surface area contributed by atoms with E-state index >= 15 is 0 Å². The molecule has 2 aliphatic carbocycles. The molecule has 52 heavy (non-hydrogen) atoms. The Hall–Kier alpha value is -5.70. The molecule has 0 radical (unpaired) electrons. The van der Waals surface area contributed by atoms with E-state index in [0.29, 0.717) is 0 Å². The van der Waals surface area contributed by atoms with Crippen LogP contribution in [0.2, 0.25) is 0 Å². The van der Waals surface area contributed by atoms with Gasteiger partial charge in [0.2, 0.25) is 0 Å². The molecule has 0 heterocycles. The van der Waals surface area contributed by atoms with Crippen LogP contribution in [0.1, 0.15) is 30.5 Å². The molecule has 0 spiro atoms. The van der Waals surface area contributed by atoms with E-state index in [2.05, 4.69) is 223 Å². The third-order valence-electron chi connectivity index (χ3n) is 10.8. The highest BCUT2D eigenvalue weighted by molar-refractivity contribution is 9.10. The molecular weight excluding hydrogens is 694 g/mol. The molecule has 0 amide bonds. The van der Waals surface area contributed by atoms with Crippen molar-refractivity contribution < 1.29 is 0 Å². The molecule has 2 heteroatoms. The largest absolute Gasteiger partial charge is 0.309 e. The van der Waals surface area contributed by atoms with Gasteiger partial charge in [0.15, 0.2) is 0 Å². The molecule has 9 rings (SSSR count). The van der Waals surface area contributed by atoms with Crippen molar-refractivity contribution in [2.45, 2.75) is 24.1 Å². The van der Waals surface area contributed by atoms with Crippen molar-refractivity contribution in [1.29, 1.82) is 0 Å². The Morgan fingerprint density at radius 1 is 0.462 bits per heavy atom. The first-order valence-corrected chi connectivity index (χ1v) is 18.9. The van der Waals surface area contributed by atoms with Crippen molar-refractivity contribution in [1.82, 2.24) is 0 Å². The van der Waals surface area contributed by atoms with Crippen LogP contribution in [-0.2, 0) is 5.41 Å². The van der Waals surface area contributed by atoms with Crippen LogP contribution in [0.15, 0.2) is 188 Å². The van der Waals surface area contributed by atoms with Crippen molar-refractivity contribution in [2.24, 2.45) is 0 Å². The van der Waals surface area contributed by atoms with Crippen LogP contribution in [0, 0.1) is 0 Å². The number of nitrogens with zero attached hydrogens (tertiary/aromatic N) is 1. The van der Waals surface area contributed by atoms with Gasteiger partial charge in [-0.2, -0.15) is 0 Å². The van der Waals surface area contributed by atoms with Gasteiger partial charge in [0, 0.05) is 22.2 Å². The van der Waals surface area contributed by atoms with Crippen LogP contribution < -0.4 is 4.90 Å². The summed E-state index contributed by atoms with van der Waals surface area (Å²) in [5.41, 5.74) is 18.3. The van der Waals surface area contributed by atoms with Gasteiger partial charge in [-0.15, -0.1) is 0 Å². The van der Waals surface area contributed by atoms with Crippen molar-refractivity contribution >= 4 is 38.6 Å². The number of alkyl halides is 1. The molecule has 1 unspecified atom stereocenters. The van der Waals surface area contributed by atoms with Crippen LogP contribution in [-0.4, -0.2) is 4.83 Å². The number of hydrogen-bond donors (Lipinski definition) is 0. The molecule has 0 aromatic heterocycles. The molecule has 7 aromatic carbocycles. The quantitative estimate of drug-likeness (QED) is 0.148. The van der Waals surface area contributed by atoms with Crippen molar-refractivity contribution in [2.75, 3.05) is 4.90 Å². The molecule has 7 aromatic rings. The minimum Gasteiger partial charge on any atom is -0.309 e.